The first-order valence-corrected chi connectivity index (χ1v) is 8.89. The quantitative estimate of drug-likeness (QED) is 0.379. The fourth-order valence-corrected chi connectivity index (χ4v) is 2.79. The number of carbonyl (C=O) groups excluding carboxylic acids is 1. The Kier molecular flexibility index (Phi) is 10.4. The summed E-state index contributed by atoms with van der Waals surface area (Å²) in [5.74, 6) is -0.364. The summed E-state index contributed by atoms with van der Waals surface area (Å²) < 4.78 is 15.1. The van der Waals surface area contributed by atoms with Crippen molar-refractivity contribution in [1.29, 1.82) is 0 Å². The first kappa shape index (κ1) is 21.3. The number of carbonyl (C=O) groups is 1. The second-order valence-electron chi connectivity index (χ2n) is 6.30. The summed E-state index contributed by atoms with van der Waals surface area (Å²) in [6.45, 7) is 1.97. The van der Waals surface area contributed by atoms with Gasteiger partial charge in [0.15, 0.2) is 6.29 Å². The first-order valence-electron chi connectivity index (χ1n) is 8.89. The third-order valence-electron chi connectivity index (χ3n) is 4.33. The van der Waals surface area contributed by atoms with Gasteiger partial charge in [-0.3, -0.25) is 4.79 Å². The third-order valence-corrected chi connectivity index (χ3v) is 4.33. The van der Waals surface area contributed by atoms with Crippen LogP contribution in [0.4, 0.5) is 0 Å². The Labute approximate surface area is 143 Å². The third kappa shape index (κ3) is 7.03. The van der Waals surface area contributed by atoms with Gasteiger partial charge in [-0.25, -0.2) is 0 Å². The predicted molar refractivity (Wildman–Crippen MR) is 87.3 cm³/mol. The summed E-state index contributed by atoms with van der Waals surface area (Å²) in [5, 5.41) is 29.5. The van der Waals surface area contributed by atoms with Crippen molar-refractivity contribution in [3.63, 3.8) is 0 Å². The number of unbranched alkanes of at least 4 members (excludes halogenated alkanes) is 6. The van der Waals surface area contributed by atoms with Crippen LogP contribution in [0.2, 0.25) is 0 Å². The molecule has 0 radical (unpaired) electrons. The molecule has 3 N–H and O–H groups in total. The molecule has 7 heteroatoms. The van der Waals surface area contributed by atoms with Crippen molar-refractivity contribution in [3.05, 3.63) is 0 Å². The van der Waals surface area contributed by atoms with E-state index in [1.165, 1.54) is 32.8 Å². The maximum Gasteiger partial charge on any atom is 0.305 e. The van der Waals surface area contributed by atoms with Gasteiger partial charge in [-0.1, -0.05) is 45.4 Å². The minimum absolute atomic E-state index is 0.207. The monoisotopic (exact) mass is 348 g/mol. The van der Waals surface area contributed by atoms with Crippen LogP contribution < -0.4 is 0 Å². The molecule has 1 aliphatic heterocycles. The van der Waals surface area contributed by atoms with Gasteiger partial charge < -0.3 is 29.5 Å². The largest absolute Gasteiger partial charge is 0.463 e. The van der Waals surface area contributed by atoms with E-state index in [-0.39, 0.29) is 12.6 Å². The number of aliphatic hydroxyl groups is 3. The molecule has 0 aliphatic carbocycles. The molecule has 5 atom stereocenters. The van der Waals surface area contributed by atoms with E-state index in [0.717, 1.165) is 19.3 Å². The maximum absolute atomic E-state index is 11.7. The minimum atomic E-state index is -1.37. The van der Waals surface area contributed by atoms with Gasteiger partial charge in [-0.2, -0.15) is 0 Å². The lowest BCUT2D eigenvalue weighted by Gasteiger charge is -2.39. The van der Waals surface area contributed by atoms with Crippen LogP contribution in [-0.2, 0) is 19.0 Å². The van der Waals surface area contributed by atoms with E-state index in [9.17, 15) is 20.1 Å². The van der Waals surface area contributed by atoms with Gasteiger partial charge in [-0.05, 0) is 6.42 Å². The average molecular weight is 348 g/mol. The molecule has 0 amide bonds. The summed E-state index contributed by atoms with van der Waals surface area (Å²) in [6, 6.07) is 0. The van der Waals surface area contributed by atoms with Crippen LogP contribution in [0.5, 0.6) is 0 Å². The summed E-state index contributed by atoms with van der Waals surface area (Å²) >= 11 is 0. The van der Waals surface area contributed by atoms with Crippen LogP contribution in [0, 0.1) is 0 Å². The minimum Gasteiger partial charge on any atom is -0.463 e. The zero-order valence-electron chi connectivity index (χ0n) is 14.7. The van der Waals surface area contributed by atoms with E-state index in [2.05, 4.69) is 6.92 Å². The molecule has 0 aromatic carbocycles. The van der Waals surface area contributed by atoms with Gasteiger partial charge in [0.25, 0.3) is 0 Å². The van der Waals surface area contributed by atoms with Gasteiger partial charge in [0.2, 0.25) is 0 Å². The molecule has 0 spiro atoms. The van der Waals surface area contributed by atoms with E-state index < -0.39 is 30.7 Å². The number of rotatable bonds is 11. The molecule has 0 aromatic heterocycles. The summed E-state index contributed by atoms with van der Waals surface area (Å²) in [4.78, 5) is 11.7. The Morgan fingerprint density at radius 3 is 2.25 bits per heavy atom. The lowest BCUT2D eigenvalue weighted by atomic mass is 9.99. The normalized spacial score (nSPS) is 30.3. The highest BCUT2D eigenvalue weighted by Crippen LogP contribution is 2.22. The van der Waals surface area contributed by atoms with Crippen molar-refractivity contribution in [1.82, 2.24) is 0 Å². The Morgan fingerprint density at radius 1 is 1.00 bits per heavy atom. The number of hydrogen-bond acceptors (Lipinski definition) is 7. The van der Waals surface area contributed by atoms with E-state index in [0.29, 0.717) is 6.42 Å². The van der Waals surface area contributed by atoms with Crippen LogP contribution in [0.3, 0.4) is 0 Å². The van der Waals surface area contributed by atoms with Crippen molar-refractivity contribution in [3.8, 4) is 0 Å². The Balaban J connectivity index is 2.17. The van der Waals surface area contributed by atoms with Crippen LogP contribution in [-0.4, -0.2) is 65.7 Å². The predicted octanol–water partition coefficient (Wildman–Crippen LogP) is 1.12. The lowest BCUT2D eigenvalue weighted by Crippen LogP contribution is -2.59. The topological polar surface area (TPSA) is 105 Å². The van der Waals surface area contributed by atoms with Gasteiger partial charge in [0.1, 0.15) is 31.0 Å². The highest BCUT2D eigenvalue weighted by Gasteiger charge is 2.44. The highest BCUT2D eigenvalue weighted by molar-refractivity contribution is 5.69. The zero-order valence-corrected chi connectivity index (χ0v) is 14.7. The van der Waals surface area contributed by atoms with Crippen molar-refractivity contribution in [2.24, 2.45) is 0 Å². The molecule has 1 rings (SSSR count). The Bertz CT molecular complexity index is 350. The molecule has 1 heterocycles. The summed E-state index contributed by atoms with van der Waals surface area (Å²) in [5.41, 5.74) is 0. The molecular formula is C17H32O7. The van der Waals surface area contributed by atoms with Crippen LogP contribution in [0.15, 0.2) is 0 Å². The number of aliphatic hydroxyl groups excluding tert-OH is 3. The second-order valence-corrected chi connectivity index (χ2v) is 6.30. The number of esters is 1. The smallest absolute Gasteiger partial charge is 0.305 e. The fraction of sp³-hybridized carbons (Fsp3) is 0.941. The standard InChI is InChI=1S/C17H32O7/c1-3-4-5-6-7-8-9-10-13(18)23-11-12-14(19)15(20)16(22-2)17(21)24-12/h12,14-17,19-21H,3-11H2,1-2H3/t12-,14-,15+,16-,17?/m1/s1. The molecule has 1 saturated heterocycles. The Hall–Kier alpha value is -0.730. The maximum atomic E-state index is 11.7. The zero-order chi connectivity index (χ0) is 17.9. The van der Waals surface area contributed by atoms with Crippen molar-refractivity contribution in [2.75, 3.05) is 13.7 Å². The molecule has 1 fully saturated rings. The SMILES string of the molecule is CCCCCCCCCC(=O)OC[C@H]1OC(O)[C@H](OC)[C@@H](O)[C@@H]1O. The van der Waals surface area contributed by atoms with Crippen LogP contribution in [0.25, 0.3) is 0 Å². The molecule has 0 saturated carbocycles. The summed E-state index contributed by atoms with van der Waals surface area (Å²) in [7, 11) is 1.30. The molecule has 0 aromatic rings. The molecular weight excluding hydrogens is 316 g/mol. The van der Waals surface area contributed by atoms with Crippen LogP contribution in [0.1, 0.15) is 58.3 Å². The molecule has 0 bridgehead atoms. The number of methoxy groups -OCH3 is 1. The molecule has 1 unspecified atom stereocenters. The highest BCUT2D eigenvalue weighted by atomic mass is 16.7. The van der Waals surface area contributed by atoms with Gasteiger partial charge in [0, 0.05) is 13.5 Å². The van der Waals surface area contributed by atoms with E-state index in [1.807, 2.05) is 0 Å². The number of hydrogen-bond donors (Lipinski definition) is 3. The molecule has 7 nitrogen and oxygen atoms in total. The fourth-order valence-electron chi connectivity index (χ4n) is 2.79. The molecule has 1 aliphatic rings. The summed E-state index contributed by atoms with van der Waals surface area (Å²) in [6.07, 6.45) is 2.16. The molecule has 142 valence electrons. The second kappa shape index (κ2) is 11.8. The van der Waals surface area contributed by atoms with E-state index in [4.69, 9.17) is 14.2 Å². The van der Waals surface area contributed by atoms with E-state index >= 15 is 0 Å². The van der Waals surface area contributed by atoms with Gasteiger partial charge >= 0.3 is 5.97 Å². The van der Waals surface area contributed by atoms with Crippen molar-refractivity contribution < 1.29 is 34.3 Å². The lowest BCUT2D eigenvalue weighted by molar-refractivity contribution is -0.292. The van der Waals surface area contributed by atoms with E-state index in [1.54, 1.807) is 0 Å². The average Bonchev–Trinajstić information content (AvgIpc) is 2.56. The van der Waals surface area contributed by atoms with Crippen molar-refractivity contribution in [2.45, 2.75) is 89.0 Å². The molecule has 24 heavy (non-hydrogen) atoms. The van der Waals surface area contributed by atoms with Gasteiger partial charge in [0.05, 0.1) is 0 Å². The number of ether oxygens (including phenoxy) is 3. The van der Waals surface area contributed by atoms with Gasteiger partial charge in [-0.15, -0.1) is 0 Å². The van der Waals surface area contributed by atoms with Crippen LogP contribution >= 0.6 is 0 Å². The van der Waals surface area contributed by atoms with Crippen molar-refractivity contribution >= 4 is 5.97 Å². The Morgan fingerprint density at radius 2 is 1.62 bits per heavy atom. The first-order chi connectivity index (χ1) is 11.5.